The second-order valence-electron chi connectivity index (χ2n) is 4.58. The summed E-state index contributed by atoms with van der Waals surface area (Å²) < 4.78 is 32.4. The molecule has 1 heterocycles. The number of hydrogen-bond donors (Lipinski definition) is 3. The molecule has 0 bridgehead atoms. The van der Waals surface area contributed by atoms with Gasteiger partial charge in [0.25, 0.3) is 0 Å². The summed E-state index contributed by atoms with van der Waals surface area (Å²) in [6.07, 6.45) is 5.51. The molecule has 0 atom stereocenters. The van der Waals surface area contributed by atoms with E-state index in [1.165, 1.54) is 18.5 Å². The first-order valence-corrected chi connectivity index (χ1v) is 7.47. The molecule has 0 saturated heterocycles. The Morgan fingerprint density at radius 2 is 2.26 bits per heavy atom. The number of rotatable bonds is 6. The number of hydrogen-bond acceptors (Lipinski definition) is 6. The van der Waals surface area contributed by atoms with Gasteiger partial charge < -0.3 is 10.2 Å². The average Bonchev–Trinajstić information content (AvgIpc) is 2.38. The maximum absolute atomic E-state index is 12.2. The van der Waals surface area contributed by atoms with E-state index >= 15 is 0 Å². The highest BCUT2D eigenvalue weighted by Crippen LogP contribution is 2.34. The molecule has 1 aromatic rings. The van der Waals surface area contributed by atoms with E-state index < -0.39 is 10.0 Å². The lowest BCUT2D eigenvalue weighted by Crippen LogP contribution is -2.49. The zero-order valence-corrected chi connectivity index (χ0v) is 11.5. The van der Waals surface area contributed by atoms with Crippen LogP contribution >= 0.6 is 0 Å². The minimum absolute atomic E-state index is 0.0306. The monoisotopic (exact) mass is 286 g/mol. The summed E-state index contributed by atoms with van der Waals surface area (Å²) in [7, 11) is -2.06. The lowest BCUT2D eigenvalue weighted by molar-refractivity contribution is -0.0659. The number of aromatic nitrogens is 1. The molecule has 1 aromatic heterocycles. The summed E-state index contributed by atoms with van der Waals surface area (Å²) in [6.45, 7) is 0.255. The molecule has 4 N–H and O–H groups in total. The van der Waals surface area contributed by atoms with Crippen LogP contribution in [0.1, 0.15) is 19.3 Å². The normalized spacial score (nSPS) is 17.8. The first-order valence-electron chi connectivity index (χ1n) is 5.98. The molecular formula is C11H18N4O3S. The predicted octanol–water partition coefficient (Wildman–Crippen LogP) is 0.215. The second-order valence-corrected chi connectivity index (χ2v) is 6.32. The number of nitrogens with zero attached hydrogens (tertiary/aromatic N) is 1. The first kappa shape index (κ1) is 14.2. The third-order valence-electron chi connectivity index (χ3n) is 3.51. The number of nitrogen functional groups attached to an aromatic ring is 1. The highest BCUT2D eigenvalue weighted by molar-refractivity contribution is 7.89. The molecule has 0 unspecified atom stereocenters. The molecule has 1 saturated carbocycles. The standard InChI is InChI=1S/C11H18N4O3S/c1-18-11(4-2-5-11)8-14-19(16,17)10-7-13-6-3-9(10)15-12/h3,6-7,14H,2,4-5,8,12H2,1H3,(H,13,15). The summed E-state index contributed by atoms with van der Waals surface area (Å²) in [5.74, 6) is 5.30. The van der Waals surface area contributed by atoms with E-state index in [4.69, 9.17) is 10.6 Å². The quantitative estimate of drug-likeness (QED) is 0.510. The van der Waals surface area contributed by atoms with Gasteiger partial charge in [-0.1, -0.05) is 0 Å². The molecule has 106 valence electrons. The van der Waals surface area contributed by atoms with E-state index in [9.17, 15) is 8.42 Å². The Morgan fingerprint density at radius 3 is 2.79 bits per heavy atom. The second kappa shape index (κ2) is 5.41. The van der Waals surface area contributed by atoms with Crippen molar-refractivity contribution in [1.29, 1.82) is 0 Å². The van der Waals surface area contributed by atoms with Crippen LogP contribution in [0.2, 0.25) is 0 Å². The fraction of sp³-hybridized carbons (Fsp3) is 0.545. The van der Waals surface area contributed by atoms with Crippen molar-refractivity contribution < 1.29 is 13.2 Å². The summed E-state index contributed by atoms with van der Waals surface area (Å²) in [4.78, 5) is 3.84. The number of methoxy groups -OCH3 is 1. The van der Waals surface area contributed by atoms with Gasteiger partial charge in [0.15, 0.2) is 0 Å². The molecular weight excluding hydrogens is 268 g/mol. The minimum atomic E-state index is -3.66. The lowest BCUT2D eigenvalue weighted by Gasteiger charge is -2.40. The largest absolute Gasteiger partial charge is 0.377 e. The molecule has 0 radical (unpaired) electrons. The van der Waals surface area contributed by atoms with E-state index in [1.54, 1.807) is 7.11 Å². The van der Waals surface area contributed by atoms with Crippen LogP contribution in [-0.2, 0) is 14.8 Å². The third kappa shape index (κ3) is 2.86. The van der Waals surface area contributed by atoms with Gasteiger partial charge >= 0.3 is 0 Å². The topological polar surface area (TPSA) is 106 Å². The van der Waals surface area contributed by atoms with Crippen LogP contribution in [0.15, 0.2) is 23.4 Å². The molecule has 0 amide bonds. The Labute approximate surface area is 112 Å². The van der Waals surface area contributed by atoms with Crippen molar-refractivity contribution in [1.82, 2.24) is 9.71 Å². The summed E-state index contributed by atoms with van der Waals surface area (Å²) in [6, 6.07) is 1.50. The smallest absolute Gasteiger partial charge is 0.244 e. The van der Waals surface area contributed by atoms with Crippen LogP contribution < -0.4 is 16.0 Å². The Balaban J connectivity index is 2.14. The van der Waals surface area contributed by atoms with Gasteiger partial charge in [-0.2, -0.15) is 0 Å². The van der Waals surface area contributed by atoms with Crippen molar-refractivity contribution in [3.05, 3.63) is 18.5 Å². The zero-order valence-electron chi connectivity index (χ0n) is 10.7. The SMILES string of the molecule is COC1(CNS(=O)(=O)c2cnccc2NN)CCC1. The van der Waals surface area contributed by atoms with Crippen molar-refractivity contribution in [3.63, 3.8) is 0 Å². The zero-order chi connectivity index (χ0) is 13.9. The third-order valence-corrected chi connectivity index (χ3v) is 4.94. The summed E-state index contributed by atoms with van der Waals surface area (Å²) in [5, 5.41) is 0. The molecule has 0 aliphatic heterocycles. The molecule has 1 aliphatic rings. The van der Waals surface area contributed by atoms with Gasteiger partial charge in [-0.3, -0.25) is 10.8 Å². The van der Waals surface area contributed by atoms with Crippen molar-refractivity contribution in [2.45, 2.75) is 29.8 Å². The number of pyridine rings is 1. The summed E-state index contributed by atoms with van der Waals surface area (Å²) in [5.41, 5.74) is 2.29. The number of nitrogens with one attached hydrogen (secondary N) is 2. The van der Waals surface area contributed by atoms with Crippen molar-refractivity contribution >= 4 is 15.7 Å². The molecule has 0 spiro atoms. The Hall–Kier alpha value is -1.22. The van der Waals surface area contributed by atoms with Gasteiger partial charge in [0.2, 0.25) is 10.0 Å². The molecule has 2 rings (SSSR count). The molecule has 1 fully saturated rings. The van der Waals surface area contributed by atoms with Crippen molar-refractivity contribution in [3.8, 4) is 0 Å². The number of anilines is 1. The highest BCUT2D eigenvalue weighted by atomic mass is 32.2. The van der Waals surface area contributed by atoms with E-state index in [0.29, 0.717) is 5.69 Å². The number of nitrogens with two attached hydrogens (primary N) is 1. The van der Waals surface area contributed by atoms with Crippen LogP contribution in [0.25, 0.3) is 0 Å². The molecule has 1 aliphatic carbocycles. The molecule has 19 heavy (non-hydrogen) atoms. The van der Waals surface area contributed by atoms with E-state index in [-0.39, 0.29) is 17.0 Å². The van der Waals surface area contributed by atoms with E-state index in [2.05, 4.69) is 15.1 Å². The average molecular weight is 286 g/mol. The van der Waals surface area contributed by atoms with Gasteiger partial charge in [0.05, 0.1) is 11.3 Å². The van der Waals surface area contributed by atoms with Gasteiger partial charge in [-0.25, -0.2) is 13.1 Å². The maximum Gasteiger partial charge on any atom is 0.244 e. The maximum atomic E-state index is 12.2. The van der Waals surface area contributed by atoms with Crippen LogP contribution in [-0.4, -0.2) is 32.7 Å². The van der Waals surface area contributed by atoms with Crippen LogP contribution in [0.5, 0.6) is 0 Å². The van der Waals surface area contributed by atoms with Crippen LogP contribution in [0.3, 0.4) is 0 Å². The molecule has 8 heteroatoms. The minimum Gasteiger partial charge on any atom is -0.377 e. The van der Waals surface area contributed by atoms with Crippen LogP contribution in [0.4, 0.5) is 5.69 Å². The van der Waals surface area contributed by atoms with E-state index in [0.717, 1.165) is 19.3 Å². The van der Waals surface area contributed by atoms with Crippen molar-refractivity contribution in [2.24, 2.45) is 5.84 Å². The Kier molecular flexibility index (Phi) is 4.04. The van der Waals surface area contributed by atoms with Gasteiger partial charge in [0, 0.05) is 26.0 Å². The molecule has 0 aromatic carbocycles. The van der Waals surface area contributed by atoms with Gasteiger partial charge in [0.1, 0.15) is 4.90 Å². The van der Waals surface area contributed by atoms with Crippen LogP contribution in [0, 0.1) is 0 Å². The Bertz CT molecular complexity index is 537. The van der Waals surface area contributed by atoms with Gasteiger partial charge in [-0.15, -0.1) is 0 Å². The first-order chi connectivity index (χ1) is 9.03. The fourth-order valence-corrected chi connectivity index (χ4v) is 3.27. The van der Waals surface area contributed by atoms with Gasteiger partial charge in [-0.05, 0) is 25.3 Å². The van der Waals surface area contributed by atoms with Crippen molar-refractivity contribution in [2.75, 3.05) is 19.1 Å². The highest BCUT2D eigenvalue weighted by Gasteiger charge is 2.38. The summed E-state index contributed by atoms with van der Waals surface area (Å²) >= 11 is 0. The number of ether oxygens (including phenoxy) is 1. The predicted molar refractivity (Wildman–Crippen MR) is 70.8 cm³/mol. The van der Waals surface area contributed by atoms with E-state index in [1.807, 2.05) is 0 Å². The molecule has 7 nitrogen and oxygen atoms in total. The number of sulfonamides is 1. The number of hydrazine groups is 1. The fourth-order valence-electron chi connectivity index (χ4n) is 2.04. The lowest BCUT2D eigenvalue weighted by atomic mass is 9.80. The Morgan fingerprint density at radius 1 is 1.53 bits per heavy atom.